The number of halogens is 1. The minimum Gasteiger partial charge on any atom is -0.491 e. The summed E-state index contributed by atoms with van der Waals surface area (Å²) in [5.41, 5.74) is 4.28. The van der Waals surface area contributed by atoms with Crippen molar-refractivity contribution in [1.29, 1.82) is 0 Å². The number of benzene rings is 2. The standard InChI is InChI=1S/C39H56ClN3O4S/c1-7-9-27-18-31(40)14-16-33(27)30-21-43-20-29-12-15-34(29)35(39-46-24-32(47-39)22-42(4)5)11-8-10-25(2)26(3)48(6)41-38(44)28-13-17-37(45-23-30)36(43)19-28/h13-14,16-19,25-26,29-30,32,34-35,39H,6-12,15,20-24H2,1-5H3,(H,41,44). The molecule has 7 nitrogen and oxygen atoms in total. The molecule has 264 valence electrons. The third-order valence-corrected chi connectivity index (χ3v) is 13.4. The summed E-state index contributed by atoms with van der Waals surface area (Å²) in [6.45, 7) is 10.6. The summed E-state index contributed by atoms with van der Waals surface area (Å²) < 4.78 is 23.0. The van der Waals surface area contributed by atoms with Crippen LogP contribution in [-0.4, -0.2) is 81.3 Å². The van der Waals surface area contributed by atoms with Gasteiger partial charge >= 0.3 is 0 Å². The van der Waals surface area contributed by atoms with E-state index in [-0.39, 0.29) is 29.5 Å². The maximum Gasteiger partial charge on any atom is 0.260 e. The van der Waals surface area contributed by atoms with Gasteiger partial charge in [0, 0.05) is 47.3 Å². The molecular formula is C39H56ClN3O4S. The average Bonchev–Trinajstić information content (AvgIpc) is 3.42. The lowest BCUT2D eigenvalue weighted by Gasteiger charge is -2.46. The van der Waals surface area contributed by atoms with Gasteiger partial charge in [0.05, 0.1) is 25.0 Å². The Kier molecular flexibility index (Phi) is 11.8. The van der Waals surface area contributed by atoms with Crippen LogP contribution in [0, 0.1) is 23.7 Å². The van der Waals surface area contributed by atoms with Crippen molar-refractivity contribution < 1.29 is 19.0 Å². The molecule has 0 spiro atoms. The lowest BCUT2D eigenvalue weighted by molar-refractivity contribution is -0.134. The van der Waals surface area contributed by atoms with Gasteiger partial charge in [0.25, 0.3) is 5.91 Å². The van der Waals surface area contributed by atoms with E-state index in [1.165, 1.54) is 24.0 Å². The second-order valence-corrected chi connectivity index (χ2v) is 17.3. The third-order valence-electron chi connectivity index (χ3n) is 11.4. The quantitative estimate of drug-likeness (QED) is 0.311. The minimum absolute atomic E-state index is 0.0599. The van der Waals surface area contributed by atoms with E-state index in [0.717, 1.165) is 68.2 Å². The summed E-state index contributed by atoms with van der Waals surface area (Å²) >= 11 is 6.49. The van der Waals surface area contributed by atoms with Gasteiger partial charge in [-0.15, -0.1) is 0 Å². The highest BCUT2D eigenvalue weighted by Crippen LogP contribution is 2.47. The van der Waals surface area contributed by atoms with Gasteiger partial charge in [-0.1, -0.05) is 67.8 Å². The number of aryl methyl sites for hydroxylation is 1. The largest absolute Gasteiger partial charge is 0.491 e. The molecule has 9 unspecified atom stereocenters. The van der Waals surface area contributed by atoms with Gasteiger partial charge in [0.2, 0.25) is 0 Å². The molecule has 1 saturated carbocycles. The zero-order valence-electron chi connectivity index (χ0n) is 29.6. The molecule has 48 heavy (non-hydrogen) atoms. The number of nitrogens with zero attached hydrogens (tertiary/aromatic N) is 2. The van der Waals surface area contributed by atoms with Gasteiger partial charge in [0.15, 0.2) is 6.29 Å². The minimum atomic E-state index is -0.502. The van der Waals surface area contributed by atoms with Gasteiger partial charge in [0.1, 0.15) is 5.75 Å². The van der Waals surface area contributed by atoms with Gasteiger partial charge in [-0.25, -0.2) is 0 Å². The van der Waals surface area contributed by atoms with E-state index < -0.39 is 10.7 Å². The van der Waals surface area contributed by atoms with Crippen LogP contribution in [-0.2, 0) is 15.9 Å². The average molecular weight is 698 g/mol. The van der Waals surface area contributed by atoms with Crippen molar-refractivity contribution >= 4 is 39.7 Å². The first-order valence-electron chi connectivity index (χ1n) is 18.2. The fourth-order valence-corrected chi connectivity index (χ4v) is 9.77. The molecule has 6 rings (SSSR count). The molecule has 2 fully saturated rings. The van der Waals surface area contributed by atoms with Crippen LogP contribution in [0.25, 0.3) is 0 Å². The van der Waals surface area contributed by atoms with Crippen molar-refractivity contribution in [2.45, 2.75) is 89.3 Å². The third kappa shape index (κ3) is 8.10. The molecule has 4 aliphatic rings. The first-order chi connectivity index (χ1) is 23.1. The van der Waals surface area contributed by atoms with Crippen molar-refractivity contribution in [1.82, 2.24) is 9.62 Å². The van der Waals surface area contributed by atoms with Crippen LogP contribution in [0.15, 0.2) is 36.4 Å². The number of hydrogen-bond donors (Lipinski definition) is 1. The maximum absolute atomic E-state index is 13.6. The Morgan fingerprint density at radius 2 is 1.88 bits per heavy atom. The predicted molar refractivity (Wildman–Crippen MR) is 200 cm³/mol. The van der Waals surface area contributed by atoms with Crippen molar-refractivity contribution in [2.24, 2.45) is 23.7 Å². The number of ether oxygens (including phenoxy) is 3. The van der Waals surface area contributed by atoms with E-state index in [9.17, 15) is 4.79 Å². The fraction of sp³-hybridized carbons (Fsp3) is 0.641. The maximum atomic E-state index is 13.6. The molecule has 2 aromatic carbocycles. The first kappa shape index (κ1) is 35.7. The van der Waals surface area contributed by atoms with Crippen molar-refractivity contribution in [3.8, 4) is 5.75 Å². The molecule has 3 aliphatic heterocycles. The van der Waals surface area contributed by atoms with Gasteiger partial charge in [-0.2, -0.15) is 0 Å². The molecule has 1 N–H and O–H groups in total. The molecule has 9 atom stereocenters. The molecule has 0 aromatic heterocycles. The van der Waals surface area contributed by atoms with Crippen LogP contribution in [0.5, 0.6) is 5.75 Å². The highest BCUT2D eigenvalue weighted by atomic mass is 35.5. The molecule has 0 radical (unpaired) electrons. The first-order valence-corrected chi connectivity index (χ1v) is 20.0. The van der Waals surface area contributed by atoms with E-state index in [1.807, 2.05) is 18.2 Å². The number of anilines is 1. The zero-order chi connectivity index (χ0) is 33.9. The van der Waals surface area contributed by atoms with Crippen LogP contribution < -0.4 is 14.4 Å². The van der Waals surface area contributed by atoms with Gasteiger partial charge < -0.3 is 28.7 Å². The van der Waals surface area contributed by atoms with Crippen LogP contribution in [0.1, 0.15) is 86.7 Å². The smallest absolute Gasteiger partial charge is 0.260 e. The number of carbonyl (C=O) groups excluding carboxylic acids is 1. The highest BCUT2D eigenvalue weighted by molar-refractivity contribution is 8.13. The number of likely N-dealkylation sites (N-methyl/N-ethyl adjacent to an activating group) is 1. The molecule has 1 saturated heterocycles. The number of carbonyl (C=O) groups is 1. The summed E-state index contributed by atoms with van der Waals surface area (Å²) in [6, 6.07) is 12.3. The Hall–Kier alpha value is -2.10. The summed E-state index contributed by atoms with van der Waals surface area (Å²) in [5, 5.41) is 1.06. The molecule has 9 heteroatoms. The Morgan fingerprint density at radius 3 is 2.62 bits per heavy atom. The Balaban J connectivity index is 1.34. The molecular weight excluding hydrogens is 642 g/mol. The lowest BCUT2D eigenvalue weighted by atomic mass is 9.65. The lowest BCUT2D eigenvalue weighted by Crippen LogP contribution is -2.45. The van der Waals surface area contributed by atoms with Crippen LogP contribution in [0.4, 0.5) is 5.69 Å². The number of amides is 1. The van der Waals surface area contributed by atoms with Crippen molar-refractivity contribution in [2.75, 3.05) is 51.8 Å². The molecule has 1 amide bonds. The topological polar surface area (TPSA) is 63.3 Å². The number of nitrogens with one attached hydrogen (secondary N) is 1. The second-order valence-electron chi connectivity index (χ2n) is 15.0. The SMILES string of the molecule is C=S1NC(=O)c2ccc3c(c2)N(CC(c2ccc(Cl)cc2CCC)CO3)CC2CCC2C(C2OCC(CN(C)C)O2)CCCC(C)C1C. The molecule has 2 bridgehead atoms. The van der Waals surface area contributed by atoms with Crippen molar-refractivity contribution in [3.05, 3.63) is 58.1 Å². The van der Waals surface area contributed by atoms with Crippen LogP contribution in [0.2, 0.25) is 5.02 Å². The Labute approximate surface area is 296 Å². The van der Waals surface area contributed by atoms with E-state index in [2.05, 4.69) is 73.5 Å². The number of rotatable bonds is 6. The highest BCUT2D eigenvalue weighted by Gasteiger charge is 2.45. The number of hydrogen-bond acceptors (Lipinski definition) is 6. The van der Waals surface area contributed by atoms with Crippen LogP contribution >= 0.6 is 22.3 Å². The van der Waals surface area contributed by atoms with E-state index in [0.29, 0.717) is 42.4 Å². The Morgan fingerprint density at radius 1 is 1.04 bits per heavy atom. The van der Waals surface area contributed by atoms with Gasteiger partial charge in [-0.3, -0.25) is 4.79 Å². The molecule has 2 aromatic rings. The second kappa shape index (κ2) is 15.8. The van der Waals surface area contributed by atoms with E-state index >= 15 is 0 Å². The van der Waals surface area contributed by atoms with E-state index in [4.69, 9.17) is 25.8 Å². The number of fused-ring (bicyclic) bond motifs is 2. The van der Waals surface area contributed by atoms with Crippen LogP contribution in [0.3, 0.4) is 0 Å². The summed E-state index contributed by atoms with van der Waals surface area (Å²) in [4.78, 5) is 18.4. The summed E-state index contributed by atoms with van der Waals surface area (Å²) in [7, 11) is 3.70. The van der Waals surface area contributed by atoms with Crippen molar-refractivity contribution in [3.63, 3.8) is 0 Å². The predicted octanol–water partition coefficient (Wildman–Crippen LogP) is 7.77. The fourth-order valence-electron chi connectivity index (χ4n) is 8.33. The summed E-state index contributed by atoms with van der Waals surface area (Å²) in [6.07, 6.45) is 7.70. The molecule has 3 heterocycles. The zero-order valence-corrected chi connectivity index (χ0v) is 31.2. The normalized spacial score (nSPS) is 32.9. The van der Waals surface area contributed by atoms with Gasteiger partial charge in [-0.05, 0) is 105 Å². The molecule has 1 aliphatic carbocycles. The Bertz CT molecular complexity index is 1450. The van der Waals surface area contributed by atoms with E-state index in [1.54, 1.807) is 0 Å². The summed E-state index contributed by atoms with van der Waals surface area (Å²) in [5.74, 6) is 7.23. The monoisotopic (exact) mass is 697 g/mol.